The van der Waals surface area contributed by atoms with Gasteiger partial charge in [0.05, 0.1) is 11.8 Å². The first-order valence-electron chi connectivity index (χ1n) is 9.72. The Hall–Kier alpha value is -1.70. The molecular formula is C22H25Br2N3O2. The fourth-order valence-corrected chi connectivity index (χ4v) is 4.16. The Labute approximate surface area is 188 Å². The van der Waals surface area contributed by atoms with Crippen LogP contribution in [0.3, 0.4) is 0 Å². The van der Waals surface area contributed by atoms with E-state index < -0.39 is 11.8 Å². The van der Waals surface area contributed by atoms with Crippen molar-refractivity contribution in [2.75, 3.05) is 26.2 Å². The number of amides is 2. The molecule has 2 unspecified atom stereocenters. The maximum absolute atomic E-state index is 13.3. The number of benzene rings is 2. The molecule has 0 spiro atoms. The van der Waals surface area contributed by atoms with Crippen LogP contribution in [0.5, 0.6) is 0 Å². The molecule has 29 heavy (non-hydrogen) atoms. The monoisotopic (exact) mass is 521 g/mol. The molecule has 0 radical (unpaired) electrons. The van der Waals surface area contributed by atoms with Gasteiger partial charge in [0, 0.05) is 35.1 Å². The highest BCUT2D eigenvalue weighted by molar-refractivity contribution is 9.10. The van der Waals surface area contributed by atoms with Crippen molar-refractivity contribution < 1.29 is 9.59 Å². The standard InChI is InChI=1S/C22H25Br2N3O2/c23-17-5-1-15(2-6-17)9-11-27(12-10-16-3-7-18(24)8-4-16)22(29)20-14-26-13-19(20)21(25)28/h1-8,19-20,26H,9-14H2,(H2,25,28). The molecule has 1 saturated heterocycles. The minimum atomic E-state index is -0.439. The van der Waals surface area contributed by atoms with Crippen molar-refractivity contribution in [1.29, 1.82) is 0 Å². The van der Waals surface area contributed by atoms with Crippen molar-refractivity contribution in [2.45, 2.75) is 12.8 Å². The average molecular weight is 523 g/mol. The third kappa shape index (κ3) is 6.14. The molecule has 3 rings (SSSR count). The molecule has 0 bridgehead atoms. The van der Waals surface area contributed by atoms with Gasteiger partial charge in [0.1, 0.15) is 0 Å². The van der Waals surface area contributed by atoms with Crippen molar-refractivity contribution in [3.05, 3.63) is 68.6 Å². The number of rotatable bonds is 8. The van der Waals surface area contributed by atoms with Gasteiger partial charge in [-0.1, -0.05) is 56.1 Å². The summed E-state index contributed by atoms with van der Waals surface area (Å²) in [5.41, 5.74) is 7.87. The molecule has 0 aromatic heterocycles. The maximum atomic E-state index is 13.3. The second-order valence-corrected chi connectivity index (χ2v) is 9.18. The van der Waals surface area contributed by atoms with E-state index in [4.69, 9.17) is 5.73 Å². The van der Waals surface area contributed by atoms with E-state index in [1.807, 2.05) is 29.2 Å². The van der Waals surface area contributed by atoms with Crippen molar-refractivity contribution in [1.82, 2.24) is 10.2 Å². The van der Waals surface area contributed by atoms with Gasteiger partial charge in [-0.2, -0.15) is 0 Å². The molecule has 2 amide bonds. The summed E-state index contributed by atoms with van der Waals surface area (Å²) in [5, 5.41) is 3.14. The highest BCUT2D eigenvalue weighted by atomic mass is 79.9. The molecule has 1 heterocycles. The first kappa shape index (κ1) is 22.0. The lowest BCUT2D eigenvalue weighted by molar-refractivity contribution is -0.139. The number of primary amides is 1. The van der Waals surface area contributed by atoms with Crippen LogP contribution in [-0.4, -0.2) is 42.9 Å². The molecule has 0 aliphatic carbocycles. The van der Waals surface area contributed by atoms with Crippen molar-refractivity contribution in [3.63, 3.8) is 0 Å². The van der Waals surface area contributed by atoms with E-state index in [1.165, 1.54) is 11.1 Å². The molecule has 5 nitrogen and oxygen atoms in total. The zero-order valence-corrected chi connectivity index (χ0v) is 19.3. The topological polar surface area (TPSA) is 75.4 Å². The van der Waals surface area contributed by atoms with E-state index in [0.717, 1.165) is 21.8 Å². The lowest BCUT2D eigenvalue weighted by atomic mass is 9.93. The van der Waals surface area contributed by atoms with Gasteiger partial charge in [0.15, 0.2) is 0 Å². The number of nitrogens with zero attached hydrogens (tertiary/aromatic N) is 1. The number of hydrogen-bond donors (Lipinski definition) is 2. The highest BCUT2D eigenvalue weighted by Gasteiger charge is 2.38. The molecule has 2 atom stereocenters. The van der Waals surface area contributed by atoms with E-state index in [-0.39, 0.29) is 11.8 Å². The number of carbonyl (C=O) groups excluding carboxylic acids is 2. The van der Waals surface area contributed by atoms with Gasteiger partial charge >= 0.3 is 0 Å². The summed E-state index contributed by atoms with van der Waals surface area (Å²) < 4.78 is 2.07. The van der Waals surface area contributed by atoms with Crippen LogP contribution in [-0.2, 0) is 22.4 Å². The fraction of sp³-hybridized carbons (Fsp3) is 0.364. The van der Waals surface area contributed by atoms with E-state index in [9.17, 15) is 9.59 Å². The summed E-state index contributed by atoms with van der Waals surface area (Å²) in [4.78, 5) is 26.9. The van der Waals surface area contributed by atoms with Gasteiger partial charge in [-0.15, -0.1) is 0 Å². The molecule has 0 saturated carbocycles. The van der Waals surface area contributed by atoms with Gasteiger partial charge < -0.3 is 16.0 Å². The van der Waals surface area contributed by atoms with E-state index in [1.54, 1.807) is 0 Å². The summed E-state index contributed by atoms with van der Waals surface area (Å²) in [6, 6.07) is 16.3. The number of halogens is 2. The number of carbonyl (C=O) groups is 2. The molecule has 2 aromatic rings. The quantitative estimate of drug-likeness (QED) is 0.559. The second-order valence-electron chi connectivity index (χ2n) is 7.35. The first-order valence-corrected chi connectivity index (χ1v) is 11.3. The highest BCUT2D eigenvalue weighted by Crippen LogP contribution is 2.21. The SMILES string of the molecule is NC(=O)C1CNCC1C(=O)N(CCc1ccc(Br)cc1)CCc1ccc(Br)cc1. The van der Waals surface area contributed by atoms with E-state index in [0.29, 0.717) is 26.2 Å². The number of nitrogens with two attached hydrogens (primary N) is 1. The van der Waals surface area contributed by atoms with E-state index in [2.05, 4.69) is 61.4 Å². The van der Waals surface area contributed by atoms with Crippen molar-refractivity contribution in [3.8, 4) is 0 Å². The number of nitrogens with one attached hydrogen (secondary N) is 1. The van der Waals surface area contributed by atoms with Gasteiger partial charge in [-0.3, -0.25) is 9.59 Å². The minimum absolute atomic E-state index is 0.00743. The molecule has 1 aliphatic heterocycles. The smallest absolute Gasteiger partial charge is 0.227 e. The predicted molar refractivity (Wildman–Crippen MR) is 121 cm³/mol. The zero-order valence-electron chi connectivity index (χ0n) is 16.1. The van der Waals surface area contributed by atoms with Crippen LogP contribution in [0.15, 0.2) is 57.5 Å². The summed E-state index contributed by atoms with van der Waals surface area (Å²) in [5.74, 6) is -1.23. The lowest BCUT2D eigenvalue weighted by Gasteiger charge is -2.27. The molecule has 1 aliphatic rings. The van der Waals surface area contributed by atoms with Gasteiger partial charge in [0.2, 0.25) is 11.8 Å². The summed E-state index contributed by atoms with van der Waals surface area (Å²) in [6.07, 6.45) is 1.53. The molecule has 3 N–H and O–H groups in total. The van der Waals surface area contributed by atoms with Crippen LogP contribution in [0.4, 0.5) is 0 Å². The Morgan fingerprint density at radius 3 is 1.76 bits per heavy atom. The normalized spacial score (nSPS) is 18.6. The van der Waals surface area contributed by atoms with Gasteiger partial charge in [-0.25, -0.2) is 0 Å². The molecular weight excluding hydrogens is 498 g/mol. The van der Waals surface area contributed by atoms with Crippen molar-refractivity contribution >= 4 is 43.7 Å². The zero-order chi connectivity index (χ0) is 20.8. The Kier molecular flexibility index (Phi) is 7.86. The summed E-state index contributed by atoms with van der Waals surface area (Å²) >= 11 is 6.90. The molecule has 2 aromatic carbocycles. The third-order valence-corrected chi connectivity index (χ3v) is 6.43. The Bertz CT molecular complexity index is 791. The van der Waals surface area contributed by atoms with Crippen LogP contribution in [0, 0.1) is 11.8 Å². The first-order chi connectivity index (χ1) is 13.9. The van der Waals surface area contributed by atoms with Gasteiger partial charge in [0.25, 0.3) is 0 Å². The average Bonchev–Trinajstić information content (AvgIpc) is 3.20. The second kappa shape index (κ2) is 10.4. The number of hydrogen-bond acceptors (Lipinski definition) is 3. The Morgan fingerprint density at radius 1 is 0.862 bits per heavy atom. The van der Waals surface area contributed by atoms with E-state index >= 15 is 0 Å². The van der Waals surface area contributed by atoms with Crippen LogP contribution in [0.1, 0.15) is 11.1 Å². The predicted octanol–water partition coefficient (Wildman–Crippen LogP) is 3.15. The summed E-state index contributed by atoms with van der Waals surface area (Å²) in [7, 11) is 0. The third-order valence-electron chi connectivity index (χ3n) is 5.38. The maximum Gasteiger partial charge on any atom is 0.227 e. The lowest BCUT2D eigenvalue weighted by Crippen LogP contribution is -2.44. The fourth-order valence-electron chi connectivity index (χ4n) is 3.63. The molecule has 1 fully saturated rings. The van der Waals surface area contributed by atoms with Crippen molar-refractivity contribution in [2.24, 2.45) is 17.6 Å². The Morgan fingerprint density at radius 2 is 1.31 bits per heavy atom. The largest absolute Gasteiger partial charge is 0.369 e. The Balaban J connectivity index is 1.70. The van der Waals surface area contributed by atoms with Crippen LogP contribution in [0.25, 0.3) is 0 Å². The van der Waals surface area contributed by atoms with Crippen LogP contribution < -0.4 is 11.1 Å². The van der Waals surface area contributed by atoms with Crippen LogP contribution >= 0.6 is 31.9 Å². The molecule has 154 valence electrons. The summed E-state index contributed by atoms with van der Waals surface area (Å²) in [6.45, 7) is 2.19. The van der Waals surface area contributed by atoms with Gasteiger partial charge in [-0.05, 0) is 48.2 Å². The molecule has 7 heteroatoms. The van der Waals surface area contributed by atoms with Crippen LogP contribution in [0.2, 0.25) is 0 Å². The minimum Gasteiger partial charge on any atom is -0.369 e.